The summed E-state index contributed by atoms with van der Waals surface area (Å²) >= 11 is 18.2. The van der Waals surface area contributed by atoms with Crippen molar-refractivity contribution in [2.75, 3.05) is 18.4 Å². The molecule has 0 spiro atoms. The number of nitrogens with one attached hydrogen (secondary N) is 1. The highest BCUT2D eigenvalue weighted by atomic mass is 35.5. The molecule has 0 unspecified atom stereocenters. The summed E-state index contributed by atoms with van der Waals surface area (Å²) in [7, 11) is 0. The van der Waals surface area contributed by atoms with Crippen molar-refractivity contribution in [1.29, 1.82) is 0 Å². The van der Waals surface area contributed by atoms with Gasteiger partial charge in [-0.05, 0) is 37.1 Å². The van der Waals surface area contributed by atoms with Crippen LogP contribution in [0.25, 0.3) is 0 Å². The van der Waals surface area contributed by atoms with Crippen molar-refractivity contribution in [3.8, 4) is 0 Å². The molecule has 0 saturated carbocycles. The molecule has 1 fully saturated rings. The Bertz CT molecular complexity index is 833. The number of halogens is 3. The third kappa shape index (κ3) is 4.14. The van der Waals surface area contributed by atoms with Crippen molar-refractivity contribution in [3.63, 3.8) is 0 Å². The standard InChI is InChI=1S/C19H17Cl3N2O2/c20-14-5-2-1-4-13(14)19(26)24-10-8-12(9-11-24)18(25)23-16-7-3-6-15(21)17(16)22/h1-7,12H,8-11H2,(H,23,25). The molecule has 0 aromatic heterocycles. The molecule has 136 valence electrons. The predicted molar refractivity (Wildman–Crippen MR) is 105 cm³/mol. The molecule has 2 aromatic rings. The predicted octanol–water partition coefficient (Wildman–Crippen LogP) is 5.14. The fraction of sp³-hybridized carbons (Fsp3) is 0.263. The average molecular weight is 412 g/mol. The van der Waals surface area contributed by atoms with Gasteiger partial charge in [0.15, 0.2) is 0 Å². The van der Waals surface area contributed by atoms with Crippen LogP contribution in [0.4, 0.5) is 5.69 Å². The number of rotatable bonds is 3. The van der Waals surface area contributed by atoms with E-state index in [0.29, 0.717) is 52.2 Å². The largest absolute Gasteiger partial charge is 0.339 e. The van der Waals surface area contributed by atoms with Crippen LogP contribution in [0, 0.1) is 5.92 Å². The lowest BCUT2D eigenvalue weighted by molar-refractivity contribution is -0.121. The van der Waals surface area contributed by atoms with Crippen molar-refractivity contribution in [3.05, 3.63) is 63.1 Å². The van der Waals surface area contributed by atoms with E-state index in [4.69, 9.17) is 34.8 Å². The molecule has 0 radical (unpaired) electrons. The fourth-order valence-electron chi connectivity index (χ4n) is 2.98. The molecule has 1 heterocycles. The van der Waals surface area contributed by atoms with Gasteiger partial charge in [0, 0.05) is 19.0 Å². The number of piperidine rings is 1. The molecular formula is C19H17Cl3N2O2. The first-order chi connectivity index (χ1) is 12.5. The summed E-state index contributed by atoms with van der Waals surface area (Å²) in [4.78, 5) is 26.8. The molecule has 0 atom stereocenters. The summed E-state index contributed by atoms with van der Waals surface area (Å²) in [5, 5.41) is 3.98. The molecule has 1 saturated heterocycles. The van der Waals surface area contributed by atoms with Gasteiger partial charge in [0.05, 0.1) is 26.3 Å². The van der Waals surface area contributed by atoms with Gasteiger partial charge < -0.3 is 10.2 Å². The van der Waals surface area contributed by atoms with Crippen LogP contribution in [0.3, 0.4) is 0 Å². The smallest absolute Gasteiger partial charge is 0.255 e. The zero-order chi connectivity index (χ0) is 18.7. The second kappa shape index (κ2) is 8.30. The third-order valence-electron chi connectivity index (χ3n) is 4.47. The van der Waals surface area contributed by atoms with E-state index in [9.17, 15) is 9.59 Å². The van der Waals surface area contributed by atoms with Gasteiger partial charge in [0.25, 0.3) is 5.91 Å². The van der Waals surface area contributed by atoms with Gasteiger partial charge in [-0.25, -0.2) is 0 Å². The van der Waals surface area contributed by atoms with Gasteiger partial charge in [-0.2, -0.15) is 0 Å². The third-order valence-corrected chi connectivity index (χ3v) is 5.62. The number of carbonyl (C=O) groups excluding carboxylic acids is 2. The molecule has 0 aliphatic carbocycles. The molecular weight excluding hydrogens is 395 g/mol. The molecule has 4 nitrogen and oxygen atoms in total. The highest BCUT2D eigenvalue weighted by Crippen LogP contribution is 2.30. The van der Waals surface area contributed by atoms with Gasteiger partial charge in [0.2, 0.25) is 5.91 Å². The van der Waals surface area contributed by atoms with Crippen molar-refractivity contribution >= 4 is 52.3 Å². The van der Waals surface area contributed by atoms with Crippen LogP contribution >= 0.6 is 34.8 Å². The van der Waals surface area contributed by atoms with Crippen LogP contribution in [0.2, 0.25) is 15.1 Å². The molecule has 26 heavy (non-hydrogen) atoms. The van der Waals surface area contributed by atoms with Gasteiger partial charge in [-0.1, -0.05) is 53.0 Å². The minimum Gasteiger partial charge on any atom is -0.339 e. The average Bonchev–Trinajstić information content (AvgIpc) is 2.65. The van der Waals surface area contributed by atoms with Crippen molar-refractivity contribution in [2.24, 2.45) is 5.92 Å². The summed E-state index contributed by atoms with van der Waals surface area (Å²) in [5.41, 5.74) is 0.988. The maximum atomic E-state index is 12.6. The number of benzene rings is 2. The number of amides is 2. The number of nitrogens with zero attached hydrogens (tertiary/aromatic N) is 1. The Balaban J connectivity index is 1.60. The minimum absolute atomic E-state index is 0.104. The van der Waals surface area contributed by atoms with E-state index >= 15 is 0 Å². The normalized spacial score (nSPS) is 15.0. The Kier molecular flexibility index (Phi) is 6.07. The van der Waals surface area contributed by atoms with Gasteiger partial charge in [-0.15, -0.1) is 0 Å². The fourth-order valence-corrected chi connectivity index (χ4v) is 3.55. The lowest BCUT2D eigenvalue weighted by atomic mass is 9.95. The van der Waals surface area contributed by atoms with E-state index in [1.807, 2.05) is 0 Å². The second-order valence-corrected chi connectivity index (χ2v) is 7.33. The number of hydrogen-bond acceptors (Lipinski definition) is 2. The molecule has 2 amide bonds. The van der Waals surface area contributed by atoms with E-state index in [0.717, 1.165) is 0 Å². The Morgan fingerprint density at radius 1 is 0.923 bits per heavy atom. The number of hydrogen-bond donors (Lipinski definition) is 1. The molecule has 2 aromatic carbocycles. The van der Waals surface area contributed by atoms with Crippen LogP contribution in [0.15, 0.2) is 42.5 Å². The Morgan fingerprint density at radius 3 is 2.27 bits per heavy atom. The van der Waals surface area contributed by atoms with Gasteiger partial charge >= 0.3 is 0 Å². The maximum Gasteiger partial charge on any atom is 0.255 e. The maximum absolute atomic E-state index is 12.6. The Labute approximate surface area is 167 Å². The summed E-state index contributed by atoms with van der Waals surface area (Å²) in [6, 6.07) is 12.1. The highest BCUT2D eigenvalue weighted by Gasteiger charge is 2.28. The number of likely N-dealkylation sites (tertiary alicyclic amines) is 1. The topological polar surface area (TPSA) is 49.4 Å². The molecule has 3 rings (SSSR count). The molecule has 1 aliphatic heterocycles. The van der Waals surface area contributed by atoms with Crippen molar-refractivity contribution < 1.29 is 9.59 Å². The molecule has 1 N–H and O–H groups in total. The highest BCUT2D eigenvalue weighted by molar-refractivity contribution is 6.44. The van der Waals surface area contributed by atoms with E-state index in [2.05, 4.69) is 5.32 Å². The summed E-state index contributed by atoms with van der Waals surface area (Å²) in [6.45, 7) is 1.01. The molecule has 0 bridgehead atoms. The lowest BCUT2D eigenvalue weighted by Gasteiger charge is -2.31. The van der Waals surface area contributed by atoms with Crippen LogP contribution in [0.1, 0.15) is 23.2 Å². The molecule has 1 aliphatic rings. The second-order valence-electron chi connectivity index (χ2n) is 6.14. The zero-order valence-corrected chi connectivity index (χ0v) is 16.1. The summed E-state index contributed by atoms with van der Waals surface area (Å²) in [5.74, 6) is -0.397. The van der Waals surface area contributed by atoms with Crippen LogP contribution in [0.5, 0.6) is 0 Å². The van der Waals surface area contributed by atoms with Crippen molar-refractivity contribution in [1.82, 2.24) is 4.90 Å². The zero-order valence-electron chi connectivity index (χ0n) is 13.8. The first-order valence-electron chi connectivity index (χ1n) is 8.26. The lowest BCUT2D eigenvalue weighted by Crippen LogP contribution is -2.41. The number of carbonyl (C=O) groups is 2. The SMILES string of the molecule is O=C(Nc1cccc(Cl)c1Cl)C1CCN(C(=O)c2ccccc2Cl)CC1. The summed E-state index contributed by atoms with van der Waals surface area (Å²) < 4.78 is 0. The van der Waals surface area contributed by atoms with E-state index < -0.39 is 0 Å². The first-order valence-corrected chi connectivity index (χ1v) is 9.39. The Morgan fingerprint density at radius 2 is 1.58 bits per heavy atom. The van der Waals surface area contributed by atoms with Crippen molar-refractivity contribution in [2.45, 2.75) is 12.8 Å². The quantitative estimate of drug-likeness (QED) is 0.760. The summed E-state index contributed by atoms with van der Waals surface area (Å²) in [6.07, 6.45) is 1.17. The van der Waals surface area contributed by atoms with E-state index in [-0.39, 0.29) is 17.7 Å². The van der Waals surface area contributed by atoms with E-state index in [1.165, 1.54) is 0 Å². The first kappa shape index (κ1) is 19.0. The van der Waals surface area contributed by atoms with Gasteiger partial charge in [-0.3, -0.25) is 9.59 Å². The number of anilines is 1. The monoisotopic (exact) mass is 410 g/mol. The van der Waals surface area contributed by atoms with E-state index in [1.54, 1.807) is 47.4 Å². The molecule has 7 heteroatoms. The van der Waals surface area contributed by atoms with Crippen LogP contribution in [-0.2, 0) is 4.79 Å². The minimum atomic E-state index is -0.180. The van der Waals surface area contributed by atoms with Crippen LogP contribution < -0.4 is 5.32 Å². The van der Waals surface area contributed by atoms with Gasteiger partial charge in [0.1, 0.15) is 0 Å². The van der Waals surface area contributed by atoms with Crippen LogP contribution in [-0.4, -0.2) is 29.8 Å². The Hall–Kier alpha value is -1.75.